The van der Waals surface area contributed by atoms with Gasteiger partial charge >= 0.3 is 5.97 Å². The molecule has 0 spiro atoms. The van der Waals surface area contributed by atoms with E-state index in [0.717, 1.165) is 30.3 Å². The Balaban J connectivity index is 0.0000186. The Hall–Kier alpha value is -4.64. The molecule has 1 saturated heterocycles. The normalized spacial score (nSPS) is 16.6. The van der Waals surface area contributed by atoms with Crippen LogP contribution in [-0.2, 0) is 35.2 Å². The molecule has 1 heterocycles. The van der Waals surface area contributed by atoms with Crippen molar-refractivity contribution >= 4 is 41.5 Å². The highest BCUT2D eigenvalue weighted by Gasteiger charge is 2.41. The molecular weight excluding hydrogens is 806 g/mol. The van der Waals surface area contributed by atoms with E-state index in [4.69, 9.17) is 11.5 Å². The fourth-order valence-corrected chi connectivity index (χ4v) is 7.13. The van der Waals surface area contributed by atoms with Crippen LogP contribution in [0.5, 0.6) is 5.75 Å². The number of amides is 5. The number of aromatic hydroxyl groups is 1. The molecule has 1 aliphatic rings. The lowest BCUT2D eigenvalue weighted by Crippen LogP contribution is -3.00. The average molecular weight is 881 g/mol. The summed E-state index contributed by atoms with van der Waals surface area (Å²) in [6.45, 7) is 12.2. The number of carboxylic acid groups (broad SMARTS) is 1. The van der Waals surface area contributed by atoms with Gasteiger partial charge in [-0.25, -0.2) is 4.79 Å². The van der Waals surface area contributed by atoms with Crippen LogP contribution in [0.25, 0.3) is 0 Å². The molecule has 2 rings (SSSR count). The van der Waals surface area contributed by atoms with Gasteiger partial charge in [-0.15, -0.1) is 0 Å². The number of hydrogen-bond acceptors (Lipinski definition) is 8. The van der Waals surface area contributed by atoms with Crippen molar-refractivity contribution < 1.29 is 55.9 Å². The van der Waals surface area contributed by atoms with E-state index in [1.807, 2.05) is 20.8 Å². The largest absolute Gasteiger partial charge is 1.00 e. The Labute approximate surface area is 368 Å². The molecule has 0 radical (unpaired) electrons. The number of aliphatic imine (C=N–C) groups is 1. The Bertz CT molecular complexity index is 1620. The van der Waals surface area contributed by atoms with Crippen LogP contribution in [0, 0.1) is 17.3 Å². The predicted molar refractivity (Wildman–Crippen MR) is 231 cm³/mol. The summed E-state index contributed by atoms with van der Waals surface area (Å²) in [6, 6.07) is 0.598. The molecule has 1 aromatic rings. The first kappa shape index (κ1) is 54.4. The SMILES string of the molecule is CC(C)C[C@H](NC(=O)[C@@H](NC(=O)[C@H](Cc1ccc(O)cc1)NC(=O)[C@@H]1CCCN1C(=O)[C@H](CCCN=C(N)N)NC(=O)[C@@H](C)CCCCC[N+](C)(C)C)C(C)(C)C)C(=O)O.[Cl-]. The summed E-state index contributed by atoms with van der Waals surface area (Å²) in [6.07, 6.45) is 5.13. The molecule has 0 aromatic heterocycles. The van der Waals surface area contributed by atoms with Crippen molar-refractivity contribution in [2.24, 2.45) is 33.7 Å². The molecule has 6 atom stereocenters. The van der Waals surface area contributed by atoms with Gasteiger partial charge in [0.05, 0.1) is 27.7 Å². The second kappa shape index (κ2) is 25.3. The van der Waals surface area contributed by atoms with E-state index in [1.54, 1.807) is 32.9 Å². The van der Waals surface area contributed by atoms with E-state index in [9.17, 15) is 39.0 Å². The number of phenolic OH excluding ortho intramolecular Hbond substituents is 1. The third kappa shape index (κ3) is 19.7. The van der Waals surface area contributed by atoms with Gasteiger partial charge in [-0.3, -0.25) is 29.0 Å². The van der Waals surface area contributed by atoms with Gasteiger partial charge in [0.15, 0.2) is 5.96 Å². The number of rotatable bonds is 24. The molecule has 1 aromatic carbocycles. The number of halogens is 1. The van der Waals surface area contributed by atoms with E-state index in [-0.39, 0.29) is 74.2 Å². The van der Waals surface area contributed by atoms with Crippen molar-refractivity contribution in [1.29, 1.82) is 0 Å². The maximum Gasteiger partial charge on any atom is 0.326 e. The lowest BCUT2D eigenvalue weighted by molar-refractivity contribution is -0.870. The lowest BCUT2D eigenvalue weighted by atomic mass is 9.85. The summed E-state index contributed by atoms with van der Waals surface area (Å²) in [4.78, 5) is 87.1. The molecule has 0 bridgehead atoms. The van der Waals surface area contributed by atoms with Crippen LogP contribution < -0.4 is 45.1 Å². The van der Waals surface area contributed by atoms with Gasteiger partial charge < -0.3 is 64.7 Å². The maximum atomic E-state index is 14.3. The Morgan fingerprint density at radius 1 is 0.836 bits per heavy atom. The summed E-state index contributed by atoms with van der Waals surface area (Å²) in [7, 11) is 6.43. The average Bonchev–Trinajstić information content (AvgIpc) is 3.64. The quantitative estimate of drug-likeness (QED) is 0.0272. The molecule has 18 heteroatoms. The van der Waals surface area contributed by atoms with Gasteiger partial charge in [-0.2, -0.15) is 0 Å². The Morgan fingerprint density at radius 3 is 2.02 bits per heavy atom. The molecule has 0 saturated carbocycles. The van der Waals surface area contributed by atoms with E-state index < -0.39 is 65.2 Å². The molecule has 0 unspecified atom stereocenters. The van der Waals surface area contributed by atoms with Crippen LogP contribution in [0.15, 0.2) is 29.3 Å². The molecular formula is C43H74ClN9O8. The van der Waals surface area contributed by atoms with Crippen molar-refractivity contribution in [1.82, 2.24) is 26.2 Å². The summed E-state index contributed by atoms with van der Waals surface area (Å²) in [5.74, 6) is -4.32. The van der Waals surface area contributed by atoms with Gasteiger partial charge in [0.25, 0.3) is 0 Å². The van der Waals surface area contributed by atoms with Crippen molar-refractivity contribution in [3.63, 3.8) is 0 Å². The number of nitrogens with zero attached hydrogens (tertiary/aromatic N) is 3. The first-order chi connectivity index (χ1) is 27.9. The third-order valence-corrected chi connectivity index (χ3v) is 10.6. The smallest absolute Gasteiger partial charge is 0.326 e. The molecule has 61 heavy (non-hydrogen) atoms. The van der Waals surface area contributed by atoms with Crippen LogP contribution in [0.2, 0.25) is 0 Å². The highest BCUT2D eigenvalue weighted by Crippen LogP contribution is 2.23. The van der Waals surface area contributed by atoms with Gasteiger partial charge in [0.2, 0.25) is 29.5 Å². The number of phenols is 1. The van der Waals surface area contributed by atoms with Crippen molar-refractivity contribution in [3.8, 4) is 5.75 Å². The zero-order valence-electron chi connectivity index (χ0n) is 37.8. The minimum absolute atomic E-state index is 0. The maximum absolute atomic E-state index is 14.3. The van der Waals surface area contributed by atoms with E-state index in [1.165, 1.54) is 17.0 Å². The standard InChI is InChI=1S/C43H73N9O8.ClH/c1-27(2)25-33(41(59)60)49-39(57)35(43(4,5)6)50-37(55)32(26-29-18-20-30(53)21-19-29)48-38(56)34-17-14-23-51(34)40(58)31(16-13-22-46-42(44)45)47-36(54)28(3)15-11-10-12-24-52(7,8)9;/h18-21,27-28,31-35H,10-17,22-26H2,1-9H3,(H9-,44,45,46,47,48,49,50,53,54,55,56,57,59,60);1H/t28-,31-,32-,33-,34-,35+;/m0./s1. The van der Waals surface area contributed by atoms with Crippen molar-refractivity contribution in [3.05, 3.63) is 29.8 Å². The number of unbranched alkanes of at least 4 members (excludes halogenated alkanes) is 2. The molecule has 5 amide bonds. The second-order valence-corrected chi connectivity index (χ2v) is 18.7. The number of carbonyl (C=O) groups excluding carboxylic acids is 5. The topological polar surface area (TPSA) is 259 Å². The van der Waals surface area contributed by atoms with Crippen LogP contribution in [0.1, 0.15) is 105 Å². The molecule has 1 fully saturated rings. The van der Waals surface area contributed by atoms with Crippen LogP contribution in [-0.4, -0.2) is 132 Å². The fourth-order valence-electron chi connectivity index (χ4n) is 7.13. The number of benzene rings is 1. The first-order valence-corrected chi connectivity index (χ1v) is 21.3. The number of hydrogen-bond donors (Lipinski definition) is 8. The summed E-state index contributed by atoms with van der Waals surface area (Å²) in [5.41, 5.74) is 10.8. The van der Waals surface area contributed by atoms with Gasteiger partial charge in [0.1, 0.15) is 36.0 Å². The Morgan fingerprint density at radius 2 is 1.46 bits per heavy atom. The molecule has 1 aliphatic heterocycles. The van der Waals surface area contributed by atoms with Crippen molar-refractivity contribution in [2.75, 3.05) is 40.8 Å². The lowest BCUT2D eigenvalue weighted by Gasteiger charge is -2.33. The monoisotopic (exact) mass is 880 g/mol. The third-order valence-electron chi connectivity index (χ3n) is 10.6. The molecule has 10 N–H and O–H groups in total. The molecule has 0 aliphatic carbocycles. The summed E-state index contributed by atoms with van der Waals surface area (Å²) < 4.78 is 0.868. The number of carbonyl (C=O) groups is 6. The second-order valence-electron chi connectivity index (χ2n) is 18.7. The van der Waals surface area contributed by atoms with Crippen LogP contribution in [0.4, 0.5) is 0 Å². The number of quaternary nitrogens is 1. The number of aliphatic carboxylic acids is 1. The minimum atomic E-state index is -1.23. The van der Waals surface area contributed by atoms with E-state index >= 15 is 0 Å². The number of nitrogens with two attached hydrogens (primary N) is 2. The van der Waals surface area contributed by atoms with Gasteiger partial charge in [-0.1, -0.05) is 60.1 Å². The number of carboxylic acids is 1. The zero-order valence-corrected chi connectivity index (χ0v) is 38.5. The zero-order chi connectivity index (χ0) is 45.4. The molecule has 17 nitrogen and oxygen atoms in total. The fraction of sp³-hybridized carbons (Fsp3) is 0.698. The highest BCUT2D eigenvalue weighted by molar-refractivity contribution is 5.96. The van der Waals surface area contributed by atoms with E-state index in [2.05, 4.69) is 47.4 Å². The predicted octanol–water partition coefficient (Wildman–Crippen LogP) is -0.998. The van der Waals surface area contributed by atoms with Gasteiger partial charge in [0, 0.05) is 25.4 Å². The van der Waals surface area contributed by atoms with Crippen LogP contribution >= 0.6 is 0 Å². The van der Waals surface area contributed by atoms with Crippen molar-refractivity contribution in [2.45, 2.75) is 136 Å². The number of guanidine groups is 1. The highest BCUT2D eigenvalue weighted by atomic mass is 35.5. The summed E-state index contributed by atoms with van der Waals surface area (Å²) in [5, 5.41) is 30.8. The van der Waals surface area contributed by atoms with Gasteiger partial charge in [-0.05, 0) is 80.4 Å². The van der Waals surface area contributed by atoms with Crippen LogP contribution in [0.3, 0.4) is 0 Å². The molecule has 346 valence electrons. The number of nitrogens with one attached hydrogen (secondary N) is 4. The van der Waals surface area contributed by atoms with E-state index in [0.29, 0.717) is 31.2 Å². The minimum Gasteiger partial charge on any atom is -1.00 e. The number of likely N-dealkylation sites (tertiary alicyclic amines) is 1. The Kier molecular flexibility index (Phi) is 22.6. The summed E-state index contributed by atoms with van der Waals surface area (Å²) >= 11 is 0. The first-order valence-electron chi connectivity index (χ1n) is 21.3.